The van der Waals surface area contributed by atoms with Crippen molar-refractivity contribution in [3.8, 4) is 0 Å². The molecule has 0 radical (unpaired) electrons. The van der Waals surface area contributed by atoms with Gasteiger partial charge in [0.15, 0.2) is 0 Å². The first kappa shape index (κ1) is 17.4. The molecule has 0 aromatic heterocycles. The number of hydrogen-bond acceptors (Lipinski definition) is 3. The molecule has 4 heteroatoms. The minimum absolute atomic E-state index is 0.132. The fraction of sp³-hybridized carbons (Fsp3) is 0.316. The number of thioether (sulfide) groups is 1. The molecule has 0 atom stereocenters. The number of rotatable bonds is 9. The molecule has 0 fully saturated rings. The van der Waals surface area contributed by atoms with Gasteiger partial charge in [-0.1, -0.05) is 48.5 Å². The Labute approximate surface area is 143 Å². The van der Waals surface area contributed by atoms with Crippen LogP contribution in [0.4, 0.5) is 5.69 Å². The summed E-state index contributed by atoms with van der Waals surface area (Å²) in [5.74, 6) is 1.95. The molecule has 1 amide bonds. The van der Waals surface area contributed by atoms with Gasteiger partial charge in [-0.3, -0.25) is 4.79 Å². The van der Waals surface area contributed by atoms with Gasteiger partial charge < -0.3 is 10.2 Å². The van der Waals surface area contributed by atoms with Crippen molar-refractivity contribution in [1.29, 1.82) is 0 Å². The summed E-state index contributed by atoms with van der Waals surface area (Å²) in [6, 6.07) is 20.5. The van der Waals surface area contributed by atoms with Crippen molar-refractivity contribution >= 4 is 23.4 Å². The van der Waals surface area contributed by atoms with Crippen LogP contribution in [0.2, 0.25) is 0 Å². The second-order valence-corrected chi connectivity index (χ2v) is 6.50. The second kappa shape index (κ2) is 9.95. The summed E-state index contributed by atoms with van der Waals surface area (Å²) in [6.07, 6.45) is 0.576. The van der Waals surface area contributed by atoms with Gasteiger partial charge in [-0.15, -0.1) is 0 Å². The van der Waals surface area contributed by atoms with Gasteiger partial charge in [0, 0.05) is 43.8 Å². The molecule has 2 aromatic rings. The highest BCUT2D eigenvalue weighted by Gasteiger charge is 2.03. The van der Waals surface area contributed by atoms with Crippen LogP contribution in [0.5, 0.6) is 0 Å². The van der Waals surface area contributed by atoms with Gasteiger partial charge in [-0.25, -0.2) is 0 Å². The van der Waals surface area contributed by atoms with Crippen LogP contribution in [0.15, 0.2) is 60.7 Å². The van der Waals surface area contributed by atoms with Crippen LogP contribution in [0.25, 0.3) is 0 Å². The highest BCUT2D eigenvalue weighted by atomic mass is 32.2. The number of carbonyl (C=O) groups is 1. The summed E-state index contributed by atoms with van der Waals surface area (Å²) in [6.45, 7) is 1.49. The van der Waals surface area contributed by atoms with Crippen molar-refractivity contribution in [2.75, 3.05) is 30.8 Å². The van der Waals surface area contributed by atoms with Crippen molar-refractivity contribution in [2.45, 2.75) is 12.2 Å². The summed E-state index contributed by atoms with van der Waals surface area (Å²) in [4.78, 5) is 14.0. The molecule has 0 saturated carbocycles. The van der Waals surface area contributed by atoms with Crippen LogP contribution < -0.4 is 10.2 Å². The lowest BCUT2D eigenvalue weighted by Gasteiger charge is -2.19. The zero-order chi connectivity index (χ0) is 16.3. The molecular weight excluding hydrogens is 304 g/mol. The Morgan fingerprint density at radius 2 is 1.70 bits per heavy atom. The lowest BCUT2D eigenvalue weighted by atomic mass is 10.2. The van der Waals surface area contributed by atoms with Crippen molar-refractivity contribution in [2.24, 2.45) is 0 Å². The highest BCUT2D eigenvalue weighted by molar-refractivity contribution is 7.98. The van der Waals surface area contributed by atoms with Crippen molar-refractivity contribution in [3.63, 3.8) is 0 Å². The molecule has 2 aromatic carbocycles. The average Bonchev–Trinajstić information content (AvgIpc) is 2.60. The van der Waals surface area contributed by atoms with E-state index in [1.807, 2.05) is 43.4 Å². The number of anilines is 1. The molecule has 3 nitrogen and oxygen atoms in total. The molecule has 1 N–H and O–H groups in total. The third-order valence-corrected chi connectivity index (χ3v) is 4.58. The van der Waals surface area contributed by atoms with Gasteiger partial charge in [0.05, 0.1) is 0 Å². The minimum Gasteiger partial charge on any atom is -0.373 e. The minimum atomic E-state index is 0.132. The third kappa shape index (κ3) is 6.78. The number of para-hydroxylation sites is 1. The number of carbonyl (C=O) groups excluding carboxylic acids is 1. The van der Waals surface area contributed by atoms with Crippen molar-refractivity contribution in [3.05, 3.63) is 66.2 Å². The number of hydrogen-bond donors (Lipinski definition) is 1. The second-order valence-electron chi connectivity index (χ2n) is 5.40. The van der Waals surface area contributed by atoms with Gasteiger partial charge in [0.1, 0.15) is 0 Å². The maximum absolute atomic E-state index is 11.8. The first-order valence-electron chi connectivity index (χ1n) is 7.90. The van der Waals surface area contributed by atoms with E-state index in [-0.39, 0.29) is 5.91 Å². The molecule has 0 aliphatic carbocycles. The van der Waals surface area contributed by atoms with Crippen LogP contribution in [0.1, 0.15) is 12.0 Å². The van der Waals surface area contributed by atoms with Gasteiger partial charge in [-0.05, 0) is 17.7 Å². The molecule has 0 aliphatic heterocycles. The van der Waals surface area contributed by atoms with Gasteiger partial charge in [0.2, 0.25) is 5.91 Å². The molecule has 2 rings (SSSR count). The zero-order valence-corrected chi connectivity index (χ0v) is 14.4. The largest absolute Gasteiger partial charge is 0.373 e. The fourth-order valence-corrected chi connectivity index (χ4v) is 3.09. The Morgan fingerprint density at radius 1 is 1.04 bits per heavy atom. The molecule has 0 saturated heterocycles. The molecule has 0 aliphatic rings. The lowest BCUT2D eigenvalue weighted by Crippen LogP contribution is -2.33. The standard InChI is InChI=1S/C19H24N2OS/c1-21(18-10-6-3-7-11-18)14-13-20-19(22)12-15-23-16-17-8-4-2-5-9-17/h2-11H,12-16H2,1H3,(H,20,22). The zero-order valence-electron chi connectivity index (χ0n) is 13.6. The molecule has 0 bridgehead atoms. The molecule has 0 unspecified atom stereocenters. The summed E-state index contributed by atoms with van der Waals surface area (Å²) in [5.41, 5.74) is 2.47. The molecule has 23 heavy (non-hydrogen) atoms. The van der Waals surface area contributed by atoms with Crippen LogP contribution in [0, 0.1) is 0 Å². The predicted octanol–water partition coefficient (Wildman–Crippen LogP) is 3.56. The van der Waals surface area contributed by atoms with E-state index in [4.69, 9.17) is 0 Å². The Hall–Kier alpha value is -1.94. The van der Waals surface area contributed by atoms with Gasteiger partial charge >= 0.3 is 0 Å². The van der Waals surface area contributed by atoms with Crippen molar-refractivity contribution < 1.29 is 4.79 Å². The Bertz CT molecular complexity index is 574. The smallest absolute Gasteiger partial charge is 0.220 e. The van der Waals surface area contributed by atoms with E-state index < -0.39 is 0 Å². The maximum atomic E-state index is 11.8. The monoisotopic (exact) mass is 328 g/mol. The molecule has 0 heterocycles. The first-order chi connectivity index (χ1) is 11.3. The van der Waals surface area contributed by atoms with E-state index in [9.17, 15) is 4.79 Å². The van der Waals surface area contributed by atoms with E-state index in [1.165, 1.54) is 11.3 Å². The molecule has 0 spiro atoms. The number of nitrogens with one attached hydrogen (secondary N) is 1. The Balaban J connectivity index is 1.55. The van der Waals surface area contributed by atoms with E-state index in [1.54, 1.807) is 11.8 Å². The van der Waals surface area contributed by atoms with E-state index in [0.717, 1.165) is 18.1 Å². The SMILES string of the molecule is CN(CCNC(=O)CCSCc1ccccc1)c1ccccc1. The Morgan fingerprint density at radius 3 is 2.39 bits per heavy atom. The Kier molecular flexibility index (Phi) is 7.54. The predicted molar refractivity (Wildman–Crippen MR) is 99.9 cm³/mol. The lowest BCUT2D eigenvalue weighted by molar-refractivity contribution is -0.120. The van der Waals surface area contributed by atoms with E-state index in [0.29, 0.717) is 13.0 Å². The quantitative estimate of drug-likeness (QED) is 0.714. The topological polar surface area (TPSA) is 32.3 Å². The normalized spacial score (nSPS) is 10.3. The first-order valence-corrected chi connectivity index (χ1v) is 9.06. The van der Waals surface area contributed by atoms with E-state index in [2.05, 4.69) is 34.5 Å². The highest BCUT2D eigenvalue weighted by Crippen LogP contribution is 2.12. The van der Waals surface area contributed by atoms with Gasteiger partial charge in [-0.2, -0.15) is 11.8 Å². The fourth-order valence-electron chi connectivity index (χ4n) is 2.19. The molecular formula is C19H24N2OS. The molecule has 122 valence electrons. The summed E-state index contributed by atoms with van der Waals surface area (Å²) in [5, 5.41) is 2.99. The summed E-state index contributed by atoms with van der Waals surface area (Å²) < 4.78 is 0. The number of benzene rings is 2. The van der Waals surface area contributed by atoms with Gasteiger partial charge in [0.25, 0.3) is 0 Å². The van der Waals surface area contributed by atoms with Crippen molar-refractivity contribution in [1.82, 2.24) is 5.32 Å². The van der Waals surface area contributed by atoms with E-state index >= 15 is 0 Å². The number of likely N-dealkylation sites (N-methyl/N-ethyl adjacent to an activating group) is 1. The summed E-state index contributed by atoms with van der Waals surface area (Å²) >= 11 is 1.80. The number of amides is 1. The van der Waals surface area contributed by atoms with Crippen LogP contribution in [0.3, 0.4) is 0 Å². The average molecular weight is 328 g/mol. The number of nitrogens with zero attached hydrogens (tertiary/aromatic N) is 1. The van der Waals surface area contributed by atoms with Crippen LogP contribution in [-0.2, 0) is 10.5 Å². The van der Waals surface area contributed by atoms with Crippen LogP contribution in [-0.4, -0.2) is 31.8 Å². The summed E-state index contributed by atoms with van der Waals surface area (Å²) in [7, 11) is 2.04. The third-order valence-electron chi connectivity index (χ3n) is 3.55. The maximum Gasteiger partial charge on any atom is 0.220 e. The van der Waals surface area contributed by atoms with Crippen LogP contribution >= 0.6 is 11.8 Å².